The quantitative estimate of drug-likeness (QED) is 0.420. The Morgan fingerprint density at radius 3 is 2.83 bits per heavy atom. The molecule has 1 aliphatic carbocycles. The van der Waals surface area contributed by atoms with Gasteiger partial charge in [0.05, 0.1) is 23.6 Å². The Morgan fingerprint density at radius 1 is 1.28 bits per heavy atom. The predicted molar refractivity (Wildman–Crippen MR) is 103 cm³/mol. The Balaban J connectivity index is 1.56. The van der Waals surface area contributed by atoms with Gasteiger partial charge < -0.3 is 20.8 Å². The average Bonchev–Trinajstić information content (AvgIpc) is 3.25. The Bertz CT molecular complexity index is 1040. The fourth-order valence-corrected chi connectivity index (χ4v) is 3.65. The van der Waals surface area contributed by atoms with E-state index in [0.717, 1.165) is 0 Å². The second-order valence-corrected chi connectivity index (χ2v) is 7.30. The molecule has 0 saturated heterocycles. The maximum absolute atomic E-state index is 13.5. The summed E-state index contributed by atoms with van der Waals surface area (Å²) in [6.07, 6.45) is 0.559. The first kappa shape index (κ1) is 19.5. The third-order valence-electron chi connectivity index (χ3n) is 4.85. The van der Waals surface area contributed by atoms with E-state index in [-0.39, 0.29) is 17.3 Å². The van der Waals surface area contributed by atoms with Gasteiger partial charge in [0.1, 0.15) is 18.0 Å². The number of amides is 1. The Hall–Kier alpha value is -2.82. The number of aromatic amines is 1. The van der Waals surface area contributed by atoms with Crippen LogP contribution < -0.4 is 10.6 Å². The van der Waals surface area contributed by atoms with Gasteiger partial charge >= 0.3 is 0 Å². The molecule has 3 atom stereocenters. The average molecular weight is 421 g/mol. The van der Waals surface area contributed by atoms with Gasteiger partial charge in [-0.2, -0.15) is 5.10 Å². The van der Waals surface area contributed by atoms with Crippen molar-refractivity contribution in [2.24, 2.45) is 0 Å². The zero-order valence-corrected chi connectivity index (χ0v) is 15.8. The molecule has 0 unspecified atom stereocenters. The number of nitrogens with zero attached hydrogens (tertiary/aromatic N) is 3. The third-order valence-corrected chi connectivity index (χ3v) is 5.07. The van der Waals surface area contributed by atoms with E-state index >= 15 is 0 Å². The van der Waals surface area contributed by atoms with Gasteiger partial charge in [-0.05, 0) is 36.6 Å². The minimum atomic E-state index is -0.943. The Labute approximate surface area is 169 Å². The zero-order chi connectivity index (χ0) is 20.5. The van der Waals surface area contributed by atoms with E-state index in [9.17, 15) is 19.4 Å². The van der Waals surface area contributed by atoms with Crippen LogP contribution in [0.3, 0.4) is 0 Å². The lowest BCUT2D eigenvalue weighted by molar-refractivity contribution is 0.0392. The van der Waals surface area contributed by atoms with Crippen molar-refractivity contribution >= 4 is 34.4 Å². The number of aromatic nitrogens is 4. The number of carbonyl (C=O) groups is 1. The summed E-state index contributed by atoms with van der Waals surface area (Å²) in [7, 11) is 0. The normalized spacial score (nSPS) is 21.4. The van der Waals surface area contributed by atoms with Crippen LogP contribution in [-0.2, 0) is 6.54 Å². The molecule has 0 spiro atoms. The van der Waals surface area contributed by atoms with Crippen LogP contribution in [0.1, 0.15) is 28.9 Å². The molecule has 9 nitrogen and oxygen atoms in total. The van der Waals surface area contributed by atoms with Gasteiger partial charge in [-0.25, -0.2) is 14.4 Å². The van der Waals surface area contributed by atoms with Crippen molar-refractivity contribution in [3.63, 3.8) is 0 Å². The highest BCUT2D eigenvalue weighted by molar-refractivity contribution is 6.30. The highest BCUT2D eigenvalue weighted by Crippen LogP contribution is 2.27. The van der Waals surface area contributed by atoms with Gasteiger partial charge in [0.2, 0.25) is 0 Å². The molecule has 1 fully saturated rings. The first-order valence-corrected chi connectivity index (χ1v) is 9.35. The number of carbonyl (C=O) groups excluding carboxylic acids is 1. The molecule has 1 amide bonds. The van der Waals surface area contributed by atoms with Crippen LogP contribution in [0.4, 0.5) is 10.2 Å². The number of fused-ring (bicyclic) bond motifs is 1. The van der Waals surface area contributed by atoms with Crippen molar-refractivity contribution in [3.05, 3.63) is 46.6 Å². The molecule has 1 aliphatic rings. The summed E-state index contributed by atoms with van der Waals surface area (Å²) >= 11 is 5.83. The molecule has 0 radical (unpaired) electrons. The number of benzene rings is 1. The molecule has 2 heterocycles. The zero-order valence-electron chi connectivity index (χ0n) is 15.1. The van der Waals surface area contributed by atoms with Gasteiger partial charge in [0.25, 0.3) is 5.91 Å². The fourth-order valence-electron chi connectivity index (χ4n) is 3.41. The summed E-state index contributed by atoms with van der Waals surface area (Å²) in [5, 5.41) is 32.8. The minimum absolute atomic E-state index is 0.0502. The molecule has 0 bridgehead atoms. The van der Waals surface area contributed by atoms with Crippen molar-refractivity contribution in [2.75, 3.05) is 5.32 Å². The Kier molecular flexibility index (Phi) is 5.31. The van der Waals surface area contributed by atoms with Crippen LogP contribution in [0.25, 0.3) is 11.0 Å². The van der Waals surface area contributed by atoms with Gasteiger partial charge in [-0.3, -0.25) is 9.89 Å². The van der Waals surface area contributed by atoms with E-state index in [4.69, 9.17) is 11.6 Å². The number of H-pyrrole nitrogens is 1. The van der Waals surface area contributed by atoms with E-state index in [1.54, 1.807) is 6.07 Å². The van der Waals surface area contributed by atoms with E-state index < -0.39 is 30.0 Å². The third kappa shape index (κ3) is 4.00. The molecule has 29 heavy (non-hydrogen) atoms. The molecular formula is C18H18ClFN6O3. The first-order valence-electron chi connectivity index (χ1n) is 8.97. The number of hydrogen-bond donors (Lipinski definition) is 5. The van der Waals surface area contributed by atoms with Gasteiger partial charge in [-0.15, -0.1) is 0 Å². The molecule has 1 aromatic carbocycles. The van der Waals surface area contributed by atoms with Gasteiger partial charge in [0, 0.05) is 11.6 Å². The van der Waals surface area contributed by atoms with E-state index in [1.807, 2.05) is 0 Å². The number of nitrogens with one attached hydrogen (secondary N) is 3. The second kappa shape index (κ2) is 7.90. The van der Waals surface area contributed by atoms with Crippen LogP contribution in [0.15, 0.2) is 24.5 Å². The van der Waals surface area contributed by atoms with Crippen LogP contribution in [0.5, 0.6) is 0 Å². The maximum atomic E-state index is 13.5. The molecule has 3 aromatic rings. The molecule has 152 valence electrons. The van der Waals surface area contributed by atoms with Crippen molar-refractivity contribution in [2.45, 2.75) is 37.6 Å². The van der Waals surface area contributed by atoms with Crippen molar-refractivity contribution in [1.29, 1.82) is 0 Å². The molecule has 5 N–H and O–H groups in total. The minimum Gasteiger partial charge on any atom is -0.390 e. The lowest BCUT2D eigenvalue weighted by atomic mass is 10.2. The van der Waals surface area contributed by atoms with E-state index in [1.165, 1.54) is 18.5 Å². The number of anilines is 1. The number of hydrogen-bond acceptors (Lipinski definition) is 7. The molecule has 4 rings (SSSR count). The number of halogens is 2. The standard InChI is InChI=1S/C18H18ClFN6O3/c19-9-3-8(4-10(20)5-9)6-21-18(29)14-13-16(22-7-23-17(13)26-25-14)24-11-1-2-12(27)15(11)28/h3-5,7,11-12,15,27-28H,1-2,6H2,(H,21,29)(H2,22,23,24,25,26)/t11-,12-,15+/m1/s1. The molecule has 0 aliphatic heterocycles. The van der Waals surface area contributed by atoms with Crippen molar-refractivity contribution in [1.82, 2.24) is 25.5 Å². The predicted octanol–water partition coefficient (Wildman–Crippen LogP) is 1.37. The summed E-state index contributed by atoms with van der Waals surface area (Å²) in [5.41, 5.74) is 0.897. The number of aliphatic hydroxyl groups is 2. The highest BCUT2D eigenvalue weighted by atomic mass is 35.5. The number of rotatable bonds is 5. The fraction of sp³-hybridized carbons (Fsp3) is 0.333. The van der Waals surface area contributed by atoms with Crippen molar-refractivity contribution in [3.8, 4) is 0 Å². The van der Waals surface area contributed by atoms with Crippen LogP contribution in [0.2, 0.25) is 5.02 Å². The van der Waals surface area contributed by atoms with E-state index in [2.05, 4.69) is 30.8 Å². The van der Waals surface area contributed by atoms with E-state index in [0.29, 0.717) is 35.3 Å². The van der Waals surface area contributed by atoms with Crippen molar-refractivity contribution < 1.29 is 19.4 Å². The largest absolute Gasteiger partial charge is 0.390 e. The Morgan fingerprint density at radius 2 is 2.10 bits per heavy atom. The van der Waals surface area contributed by atoms with Gasteiger partial charge in [-0.1, -0.05) is 11.6 Å². The SMILES string of the molecule is O=C(NCc1cc(F)cc(Cl)c1)c1n[nH]c2ncnc(N[C@@H]3CC[C@@H](O)[C@H]3O)c12. The van der Waals surface area contributed by atoms with Crippen LogP contribution >= 0.6 is 11.6 Å². The molecule has 11 heteroatoms. The molecule has 2 aromatic heterocycles. The summed E-state index contributed by atoms with van der Waals surface area (Å²) in [5.74, 6) is -0.688. The lowest BCUT2D eigenvalue weighted by Gasteiger charge is -2.18. The highest BCUT2D eigenvalue weighted by Gasteiger charge is 2.34. The first-order chi connectivity index (χ1) is 13.9. The molecule has 1 saturated carbocycles. The number of aliphatic hydroxyl groups excluding tert-OH is 2. The molecular weight excluding hydrogens is 403 g/mol. The van der Waals surface area contributed by atoms with Crippen LogP contribution in [-0.4, -0.2) is 54.5 Å². The lowest BCUT2D eigenvalue weighted by Crippen LogP contribution is -2.34. The maximum Gasteiger partial charge on any atom is 0.272 e. The topological polar surface area (TPSA) is 136 Å². The monoisotopic (exact) mass is 420 g/mol. The second-order valence-electron chi connectivity index (χ2n) is 6.86. The summed E-state index contributed by atoms with van der Waals surface area (Å²) in [4.78, 5) is 20.9. The van der Waals surface area contributed by atoms with Crippen LogP contribution in [0, 0.1) is 5.82 Å². The summed E-state index contributed by atoms with van der Waals surface area (Å²) in [6.45, 7) is 0.0502. The summed E-state index contributed by atoms with van der Waals surface area (Å²) < 4.78 is 13.5. The van der Waals surface area contributed by atoms with Gasteiger partial charge in [0.15, 0.2) is 11.3 Å². The summed E-state index contributed by atoms with van der Waals surface area (Å²) in [6, 6.07) is 3.59. The smallest absolute Gasteiger partial charge is 0.272 e.